The van der Waals surface area contributed by atoms with Crippen LogP contribution in [-0.4, -0.2) is 6.03 Å². The molecule has 0 aliphatic rings. The van der Waals surface area contributed by atoms with Gasteiger partial charge in [-0.25, -0.2) is 9.18 Å². The van der Waals surface area contributed by atoms with Crippen LogP contribution >= 0.6 is 15.9 Å². The number of nitrogens with one attached hydrogen (secondary N) is 2. The predicted octanol–water partition coefficient (Wildman–Crippen LogP) is 4.06. The minimum absolute atomic E-state index is 0.292. The highest BCUT2D eigenvalue weighted by atomic mass is 79.9. The van der Waals surface area contributed by atoms with Crippen LogP contribution in [0.1, 0.15) is 11.1 Å². The summed E-state index contributed by atoms with van der Waals surface area (Å²) < 4.78 is 13.7. The molecule has 21 heavy (non-hydrogen) atoms. The highest BCUT2D eigenvalue weighted by Crippen LogP contribution is 2.12. The lowest BCUT2D eigenvalue weighted by atomic mass is 10.2. The summed E-state index contributed by atoms with van der Waals surface area (Å²) >= 11 is 3.38. The molecule has 2 aromatic carbocycles. The van der Waals surface area contributed by atoms with Gasteiger partial charge in [0.1, 0.15) is 5.82 Å². The summed E-state index contributed by atoms with van der Waals surface area (Å²) in [5, 5.41) is 5.30. The molecule has 0 fully saturated rings. The molecule has 0 atom stereocenters. The third kappa shape index (κ3) is 5.39. The van der Waals surface area contributed by atoms with Crippen molar-refractivity contribution in [3.05, 3.63) is 76.1 Å². The molecule has 0 heterocycles. The Morgan fingerprint density at radius 3 is 2.67 bits per heavy atom. The van der Waals surface area contributed by atoms with Gasteiger partial charge in [0.25, 0.3) is 0 Å². The largest absolute Gasteiger partial charge is 0.334 e. The van der Waals surface area contributed by atoms with E-state index in [0.717, 1.165) is 15.6 Å². The van der Waals surface area contributed by atoms with Crippen molar-refractivity contribution in [1.82, 2.24) is 10.6 Å². The van der Waals surface area contributed by atoms with Crippen molar-refractivity contribution in [2.24, 2.45) is 0 Å². The maximum Gasteiger partial charge on any atom is 0.319 e. The van der Waals surface area contributed by atoms with E-state index < -0.39 is 0 Å². The van der Waals surface area contributed by atoms with E-state index in [1.54, 1.807) is 24.4 Å². The van der Waals surface area contributed by atoms with Gasteiger partial charge < -0.3 is 10.6 Å². The average molecular weight is 349 g/mol. The zero-order valence-corrected chi connectivity index (χ0v) is 12.7. The number of hydrogen-bond acceptors (Lipinski definition) is 1. The van der Waals surface area contributed by atoms with E-state index in [9.17, 15) is 9.18 Å². The summed E-state index contributed by atoms with van der Waals surface area (Å²) in [4.78, 5) is 11.6. The highest BCUT2D eigenvalue weighted by Gasteiger charge is 1.98. The molecule has 0 saturated carbocycles. The molecule has 0 aliphatic heterocycles. The monoisotopic (exact) mass is 348 g/mol. The zero-order chi connectivity index (χ0) is 15.1. The molecule has 0 aliphatic carbocycles. The average Bonchev–Trinajstić information content (AvgIpc) is 2.47. The molecule has 2 rings (SSSR count). The van der Waals surface area contributed by atoms with Gasteiger partial charge in [-0.3, -0.25) is 0 Å². The van der Waals surface area contributed by atoms with Crippen LogP contribution in [0.25, 0.3) is 6.08 Å². The third-order valence-corrected chi connectivity index (χ3v) is 3.20. The standard InChI is InChI=1S/C16H14BrFN2O/c17-14-3-1-2-12(10-14)8-9-19-16(21)20-11-13-4-6-15(18)7-5-13/h1-10H,11H2,(H2,19,20,21)/b9-8+. The van der Waals surface area contributed by atoms with Crippen molar-refractivity contribution in [3.63, 3.8) is 0 Å². The van der Waals surface area contributed by atoms with Gasteiger partial charge in [0.05, 0.1) is 0 Å². The lowest BCUT2D eigenvalue weighted by Gasteiger charge is -2.04. The number of amides is 2. The van der Waals surface area contributed by atoms with Gasteiger partial charge in [-0.1, -0.05) is 40.2 Å². The molecule has 2 amide bonds. The van der Waals surface area contributed by atoms with Crippen molar-refractivity contribution in [1.29, 1.82) is 0 Å². The van der Waals surface area contributed by atoms with Crippen molar-refractivity contribution in [3.8, 4) is 0 Å². The zero-order valence-electron chi connectivity index (χ0n) is 11.1. The normalized spacial score (nSPS) is 10.6. The summed E-state index contributed by atoms with van der Waals surface area (Å²) in [6, 6.07) is 13.4. The second kappa shape index (κ2) is 7.59. The minimum atomic E-state index is -0.314. The molecule has 0 radical (unpaired) electrons. The van der Waals surface area contributed by atoms with Crippen LogP contribution in [-0.2, 0) is 6.54 Å². The van der Waals surface area contributed by atoms with Gasteiger partial charge in [0, 0.05) is 17.2 Å². The predicted molar refractivity (Wildman–Crippen MR) is 84.9 cm³/mol. The van der Waals surface area contributed by atoms with Gasteiger partial charge in [0.2, 0.25) is 0 Å². The first-order chi connectivity index (χ1) is 10.1. The van der Waals surface area contributed by atoms with Crippen LogP contribution < -0.4 is 10.6 Å². The maximum atomic E-state index is 12.7. The van der Waals surface area contributed by atoms with Gasteiger partial charge in [-0.05, 0) is 41.5 Å². The Kier molecular flexibility index (Phi) is 5.51. The van der Waals surface area contributed by atoms with E-state index in [0.29, 0.717) is 6.54 Å². The maximum absolute atomic E-state index is 12.7. The Bertz CT molecular complexity index is 641. The molecule has 0 unspecified atom stereocenters. The van der Waals surface area contributed by atoms with Gasteiger partial charge >= 0.3 is 6.03 Å². The number of hydrogen-bond donors (Lipinski definition) is 2. The number of halogens is 2. The number of urea groups is 1. The second-order valence-corrected chi connectivity index (χ2v) is 5.26. The van der Waals surface area contributed by atoms with Crippen LogP contribution in [0.2, 0.25) is 0 Å². The molecule has 0 spiro atoms. The highest BCUT2D eigenvalue weighted by molar-refractivity contribution is 9.10. The molecule has 0 saturated heterocycles. The van der Waals surface area contributed by atoms with Crippen LogP contribution in [0.5, 0.6) is 0 Å². The summed E-state index contributed by atoms with van der Waals surface area (Å²) in [5.74, 6) is -0.292. The van der Waals surface area contributed by atoms with Gasteiger partial charge in [0.15, 0.2) is 0 Å². The van der Waals surface area contributed by atoms with Crippen molar-refractivity contribution < 1.29 is 9.18 Å². The molecule has 5 heteroatoms. The van der Waals surface area contributed by atoms with Crippen LogP contribution in [0.4, 0.5) is 9.18 Å². The summed E-state index contributed by atoms with van der Waals surface area (Å²) in [5.41, 5.74) is 1.81. The van der Waals surface area contributed by atoms with Crippen molar-refractivity contribution >= 4 is 28.0 Å². The second-order valence-electron chi connectivity index (χ2n) is 4.34. The number of carbonyl (C=O) groups excluding carboxylic acids is 1. The first-order valence-corrected chi connectivity index (χ1v) is 7.14. The number of benzene rings is 2. The van der Waals surface area contributed by atoms with E-state index in [-0.39, 0.29) is 11.8 Å². The smallest absolute Gasteiger partial charge is 0.319 e. The first-order valence-electron chi connectivity index (χ1n) is 6.34. The Morgan fingerprint density at radius 1 is 1.19 bits per heavy atom. The van der Waals surface area contributed by atoms with E-state index in [4.69, 9.17) is 0 Å². The Morgan fingerprint density at radius 2 is 1.95 bits per heavy atom. The van der Waals surface area contributed by atoms with Gasteiger partial charge in [-0.15, -0.1) is 0 Å². The molecule has 2 aromatic rings. The van der Waals surface area contributed by atoms with E-state index in [1.165, 1.54) is 12.1 Å². The quantitative estimate of drug-likeness (QED) is 0.859. The lowest BCUT2D eigenvalue weighted by molar-refractivity contribution is 0.244. The number of carbonyl (C=O) groups is 1. The third-order valence-electron chi connectivity index (χ3n) is 2.71. The first kappa shape index (κ1) is 15.3. The Labute approximate surface area is 131 Å². The van der Waals surface area contributed by atoms with E-state index in [2.05, 4.69) is 26.6 Å². The fraction of sp³-hybridized carbons (Fsp3) is 0.0625. The van der Waals surface area contributed by atoms with Crippen LogP contribution in [0.3, 0.4) is 0 Å². The van der Waals surface area contributed by atoms with Gasteiger partial charge in [-0.2, -0.15) is 0 Å². The van der Waals surface area contributed by atoms with Crippen LogP contribution in [0.15, 0.2) is 59.2 Å². The molecule has 108 valence electrons. The fourth-order valence-electron chi connectivity index (χ4n) is 1.66. The molecule has 0 aromatic heterocycles. The molecular weight excluding hydrogens is 335 g/mol. The van der Waals surface area contributed by atoms with E-state index in [1.807, 2.05) is 24.3 Å². The summed E-state index contributed by atoms with van der Waals surface area (Å²) in [6.45, 7) is 0.344. The number of rotatable bonds is 4. The van der Waals surface area contributed by atoms with Crippen molar-refractivity contribution in [2.45, 2.75) is 6.54 Å². The molecular formula is C16H14BrFN2O. The SMILES string of the molecule is O=C(N/C=C/c1cccc(Br)c1)NCc1ccc(F)cc1. The molecule has 0 bridgehead atoms. The molecule has 2 N–H and O–H groups in total. The Balaban J connectivity index is 1.78. The van der Waals surface area contributed by atoms with Crippen molar-refractivity contribution in [2.75, 3.05) is 0 Å². The molecule has 3 nitrogen and oxygen atoms in total. The summed E-state index contributed by atoms with van der Waals surface area (Å²) in [6.07, 6.45) is 3.37. The topological polar surface area (TPSA) is 41.1 Å². The minimum Gasteiger partial charge on any atom is -0.334 e. The summed E-state index contributed by atoms with van der Waals surface area (Å²) in [7, 11) is 0. The fourth-order valence-corrected chi connectivity index (χ4v) is 2.08. The van der Waals surface area contributed by atoms with E-state index >= 15 is 0 Å². The Hall–Kier alpha value is -2.14. The van der Waals surface area contributed by atoms with Crippen LogP contribution in [0, 0.1) is 5.82 Å². The lowest BCUT2D eigenvalue weighted by Crippen LogP contribution is -2.31.